The maximum absolute atomic E-state index is 12.7. The Kier molecular flexibility index (Phi) is 3.77. The Hall–Kier alpha value is -2.28. The highest BCUT2D eigenvalue weighted by Gasteiger charge is 2.21. The molecule has 0 unspecified atom stereocenters. The fraction of sp³-hybridized carbons (Fsp3) is 0.105. The van der Waals surface area contributed by atoms with Gasteiger partial charge in [0.25, 0.3) is 5.56 Å². The fourth-order valence-corrected chi connectivity index (χ4v) is 4.83. The Labute approximate surface area is 162 Å². The van der Waals surface area contributed by atoms with E-state index in [0.717, 1.165) is 34.1 Å². The van der Waals surface area contributed by atoms with Crippen LogP contribution in [-0.2, 0) is 6.54 Å². The lowest BCUT2D eigenvalue weighted by molar-refractivity contribution is 0.725. The van der Waals surface area contributed by atoms with Crippen molar-refractivity contribution in [3.05, 3.63) is 67.3 Å². The van der Waals surface area contributed by atoms with Gasteiger partial charge in [0.2, 0.25) is 0 Å². The van der Waals surface area contributed by atoms with Crippen LogP contribution in [0.2, 0.25) is 5.02 Å². The van der Waals surface area contributed by atoms with Gasteiger partial charge in [-0.25, -0.2) is 9.97 Å². The topological polar surface area (TPSA) is 47.8 Å². The van der Waals surface area contributed by atoms with E-state index >= 15 is 0 Å². The molecule has 4 aromatic rings. The van der Waals surface area contributed by atoms with Crippen molar-refractivity contribution in [3.63, 3.8) is 0 Å². The SMILES string of the molecule is O=c1c2ccc(Cl)cc2nc2n1CCC2=Cc1csc(-c2ccsc2)n1. The fourth-order valence-electron chi connectivity index (χ4n) is 3.18. The number of thiazole rings is 1. The van der Waals surface area contributed by atoms with E-state index in [0.29, 0.717) is 22.5 Å². The molecule has 4 heterocycles. The van der Waals surface area contributed by atoms with Gasteiger partial charge in [-0.1, -0.05) is 11.6 Å². The molecule has 5 rings (SSSR count). The summed E-state index contributed by atoms with van der Waals surface area (Å²) in [5.74, 6) is 0.717. The van der Waals surface area contributed by atoms with Crippen LogP contribution in [0.5, 0.6) is 0 Å². The summed E-state index contributed by atoms with van der Waals surface area (Å²) < 4.78 is 1.74. The van der Waals surface area contributed by atoms with Crippen LogP contribution in [0.3, 0.4) is 0 Å². The number of benzene rings is 1. The monoisotopic (exact) mass is 397 g/mol. The van der Waals surface area contributed by atoms with Crippen LogP contribution in [0.15, 0.2) is 45.2 Å². The lowest BCUT2D eigenvalue weighted by Crippen LogP contribution is -2.20. The molecule has 0 N–H and O–H groups in total. The Morgan fingerprint density at radius 2 is 2.12 bits per heavy atom. The molecule has 1 aliphatic heterocycles. The predicted molar refractivity (Wildman–Crippen MR) is 109 cm³/mol. The Morgan fingerprint density at radius 1 is 1.19 bits per heavy atom. The van der Waals surface area contributed by atoms with Gasteiger partial charge in [-0.3, -0.25) is 9.36 Å². The Morgan fingerprint density at radius 3 is 2.96 bits per heavy atom. The van der Waals surface area contributed by atoms with Crippen molar-refractivity contribution in [1.29, 1.82) is 0 Å². The highest BCUT2D eigenvalue weighted by Crippen LogP contribution is 2.30. The van der Waals surface area contributed by atoms with E-state index in [1.165, 1.54) is 0 Å². The number of hydrogen-bond acceptors (Lipinski definition) is 5. The van der Waals surface area contributed by atoms with Crippen LogP contribution >= 0.6 is 34.3 Å². The van der Waals surface area contributed by atoms with Crippen molar-refractivity contribution in [3.8, 4) is 10.6 Å². The minimum absolute atomic E-state index is 0.0118. The summed E-state index contributed by atoms with van der Waals surface area (Å²) in [6.45, 7) is 0.646. The van der Waals surface area contributed by atoms with Gasteiger partial charge in [0.15, 0.2) is 0 Å². The second-order valence-corrected chi connectivity index (χ2v) is 8.14. The van der Waals surface area contributed by atoms with Crippen molar-refractivity contribution in [2.45, 2.75) is 13.0 Å². The van der Waals surface area contributed by atoms with E-state index in [2.05, 4.69) is 16.8 Å². The second kappa shape index (κ2) is 6.16. The third-order valence-corrected chi connectivity index (χ3v) is 6.25. The van der Waals surface area contributed by atoms with Gasteiger partial charge in [0.05, 0.1) is 16.6 Å². The molecule has 0 spiro atoms. The predicted octanol–water partition coefficient (Wildman–Crippen LogP) is 5.18. The zero-order valence-electron chi connectivity index (χ0n) is 13.5. The summed E-state index contributed by atoms with van der Waals surface area (Å²) in [7, 11) is 0. The minimum Gasteiger partial charge on any atom is -0.292 e. The third kappa shape index (κ3) is 2.61. The maximum atomic E-state index is 12.7. The third-order valence-electron chi connectivity index (χ3n) is 4.42. The van der Waals surface area contributed by atoms with Crippen LogP contribution in [0, 0.1) is 0 Å². The molecule has 0 fully saturated rings. The van der Waals surface area contributed by atoms with E-state index < -0.39 is 0 Å². The maximum Gasteiger partial charge on any atom is 0.261 e. The van der Waals surface area contributed by atoms with Crippen LogP contribution < -0.4 is 5.56 Å². The molecule has 0 amide bonds. The highest BCUT2D eigenvalue weighted by atomic mass is 35.5. The first-order valence-corrected chi connectivity index (χ1v) is 10.3. The van der Waals surface area contributed by atoms with Gasteiger partial charge in [-0.2, -0.15) is 11.3 Å². The average molecular weight is 398 g/mol. The molecule has 7 heteroatoms. The number of hydrogen-bond donors (Lipinski definition) is 0. The lowest BCUT2D eigenvalue weighted by atomic mass is 10.2. The lowest BCUT2D eigenvalue weighted by Gasteiger charge is -2.05. The Bertz CT molecular complexity index is 1220. The molecule has 0 saturated heterocycles. The van der Waals surface area contributed by atoms with E-state index in [-0.39, 0.29) is 5.56 Å². The molecule has 3 aromatic heterocycles. The van der Waals surface area contributed by atoms with Gasteiger partial charge in [0.1, 0.15) is 10.8 Å². The van der Waals surface area contributed by atoms with E-state index in [1.807, 2.05) is 11.5 Å². The van der Waals surface area contributed by atoms with E-state index in [4.69, 9.17) is 21.6 Å². The molecule has 0 atom stereocenters. The zero-order valence-corrected chi connectivity index (χ0v) is 15.9. The van der Waals surface area contributed by atoms with E-state index in [1.54, 1.807) is 45.4 Å². The van der Waals surface area contributed by atoms with Gasteiger partial charge in [-0.05, 0) is 47.7 Å². The summed E-state index contributed by atoms with van der Waals surface area (Å²) >= 11 is 9.36. The van der Waals surface area contributed by atoms with Crippen LogP contribution in [0.25, 0.3) is 33.1 Å². The normalized spacial score (nSPS) is 15.0. The number of halogens is 1. The molecule has 4 nitrogen and oxygen atoms in total. The van der Waals surface area contributed by atoms with Crippen molar-refractivity contribution in [2.24, 2.45) is 0 Å². The molecule has 26 heavy (non-hydrogen) atoms. The summed E-state index contributed by atoms with van der Waals surface area (Å²) in [4.78, 5) is 22.1. The molecule has 0 saturated carbocycles. The first-order chi connectivity index (χ1) is 12.7. The Balaban J connectivity index is 1.60. The largest absolute Gasteiger partial charge is 0.292 e. The molecule has 0 radical (unpaired) electrons. The zero-order chi connectivity index (χ0) is 17.7. The van der Waals surface area contributed by atoms with Crippen molar-refractivity contribution in [2.75, 3.05) is 0 Å². The van der Waals surface area contributed by atoms with Gasteiger partial charge < -0.3 is 0 Å². The highest BCUT2D eigenvalue weighted by molar-refractivity contribution is 7.14. The van der Waals surface area contributed by atoms with Crippen molar-refractivity contribution < 1.29 is 0 Å². The van der Waals surface area contributed by atoms with E-state index in [9.17, 15) is 4.79 Å². The standard InChI is InChI=1S/C19H12ClN3OS2/c20-13-1-2-15-16(8-13)22-17-11(3-5-23(17)19(15)24)7-14-10-26-18(21-14)12-4-6-25-9-12/h1-2,4,6-10H,3,5H2. The smallest absolute Gasteiger partial charge is 0.261 e. The number of fused-ring (bicyclic) bond motifs is 2. The molecule has 128 valence electrons. The molecule has 0 aliphatic carbocycles. The van der Waals surface area contributed by atoms with Crippen molar-refractivity contribution >= 4 is 56.8 Å². The second-order valence-electron chi connectivity index (χ2n) is 6.06. The van der Waals surface area contributed by atoms with Gasteiger partial charge in [0, 0.05) is 27.9 Å². The average Bonchev–Trinajstić information content (AvgIpc) is 3.36. The molecule has 0 bridgehead atoms. The number of allylic oxidation sites excluding steroid dienone is 1. The number of rotatable bonds is 2. The van der Waals surface area contributed by atoms with Crippen LogP contribution in [0.1, 0.15) is 17.9 Å². The number of nitrogens with zero attached hydrogens (tertiary/aromatic N) is 3. The first-order valence-electron chi connectivity index (χ1n) is 8.08. The van der Waals surface area contributed by atoms with Crippen LogP contribution in [0.4, 0.5) is 0 Å². The van der Waals surface area contributed by atoms with Crippen LogP contribution in [-0.4, -0.2) is 14.5 Å². The molecule has 1 aromatic carbocycles. The minimum atomic E-state index is -0.0118. The van der Waals surface area contributed by atoms with Crippen molar-refractivity contribution in [1.82, 2.24) is 14.5 Å². The summed E-state index contributed by atoms with van der Waals surface area (Å²) in [5, 5.41) is 8.38. The van der Waals surface area contributed by atoms with Gasteiger partial charge in [-0.15, -0.1) is 11.3 Å². The van der Waals surface area contributed by atoms with Gasteiger partial charge >= 0.3 is 0 Å². The first kappa shape index (κ1) is 15.9. The molecule has 1 aliphatic rings. The summed E-state index contributed by atoms with van der Waals surface area (Å²) in [6, 6.07) is 7.29. The molecular formula is C19H12ClN3OS2. The summed E-state index contributed by atoms with van der Waals surface area (Å²) in [6.07, 6.45) is 2.81. The number of thiophene rings is 1. The quantitative estimate of drug-likeness (QED) is 0.468. The molecular weight excluding hydrogens is 386 g/mol. The summed E-state index contributed by atoms with van der Waals surface area (Å²) in [5.41, 5.74) is 3.71. The number of aromatic nitrogens is 3.